The van der Waals surface area contributed by atoms with Crippen LogP contribution in [0.1, 0.15) is 24.5 Å². The summed E-state index contributed by atoms with van der Waals surface area (Å²) in [6.07, 6.45) is 1.78. The molecule has 2 rings (SSSR count). The largest absolute Gasteiger partial charge is 0.385 e. The Balaban J connectivity index is 1.71. The molecular formula is C19H24FN3O. The summed E-state index contributed by atoms with van der Waals surface area (Å²) in [5.74, 6) is -0.540. The molecule has 0 fully saturated rings. The fourth-order valence-corrected chi connectivity index (χ4v) is 2.33. The van der Waals surface area contributed by atoms with Gasteiger partial charge in [0.25, 0.3) is 0 Å². The zero-order chi connectivity index (χ0) is 17.4. The lowest BCUT2D eigenvalue weighted by molar-refractivity contribution is -0.119. The minimum absolute atomic E-state index is 0.185. The maximum atomic E-state index is 13.1. The fraction of sp³-hybridized carbons (Fsp3) is 0.316. The molecular weight excluding hydrogens is 305 g/mol. The predicted molar refractivity (Wildman–Crippen MR) is 95.1 cm³/mol. The Morgan fingerprint density at radius 3 is 2.58 bits per heavy atom. The van der Waals surface area contributed by atoms with Gasteiger partial charge in [-0.15, -0.1) is 0 Å². The first-order chi connectivity index (χ1) is 11.5. The first-order valence-corrected chi connectivity index (χ1v) is 8.14. The van der Waals surface area contributed by atoms with Gasteiger partial charge in [-0.25, -0.2) is 4.39 Å². The van der Waals surface area contributed by atoms with Gasteiger partial charge in [0.15, 0.2) is 0 Å². The van der Waals surface area contributed by atoms with Crippen LogP contribution >= 0.6 is 0 Å². The van der Waals surface area contributed by atoms with Crippen molar-refractivity contribution in [2.75, 3.05) is 11.9 Å². The summed E-state index contributed by atoms with van der Waals surface area (Å²) in [5.41, 5.74) is 8.36. The lowest BCUT2D eigenvalue weighted by atomic mass is 10.1. The average molecular weight is 329 g/mol. The van der Waals surface area contributed by atoms with Gasteiger partial charge in [0.05, 0.1) is 6.04 Å². The second kappa shape index (κ2) is 9.03. The molecule has 0 spiro atoms. The Hall–Kier alpha value is -2.40. The number of halogens is 1. The number of anilines is 1. The zero-order valence-electron chi connectivity index (χ0n) is 13.9. The van der Waals surface area contributed by atoms with Crippen LogP contribution < -0.4 is 16.4 Å². The van der Waals surface area contributed by atoms with E-state index in [4.69, 9.17) is 5.73 Å². The summed E-state index contributed by atoms with van der Waals surface area (Å²) in [7, 11) is 0. The van der Waals surface area contributed by atoms with Crippen molar-refractivity contribution in [2.24, 2.45) is 5.73 Å². The van der Waals surface area contributed by atoms with Gasteiger partial charge < -0.3 is 16.4 Å². The van der Waals surface area contributed by atoms with Crippen molar-refractivity contribution in [1.29, 1.82) is 0 Å². The van der Waals surface area contributed by atoms with E-state index in [1.807, 2.05) is 30.3 Å². The molecule has 0 radical (unpaired) electrons. The number of nitrogens with two attached hydrogens (primary N) is 1. The van der Waals surface area contributed by atoms with Crippen LogP contribution in [0, 0.1) is 5.82 Å². The first kappa shape index (κ1) is 17.9. The van der Waals surface area contributed by atoms with Crippen LogP contribution in [0.5, 0.6) is 0 Å². The van der Waals surface area contributed by atoms with Crippen LogP contribution in [0.25, 0.3) is 0 Å². The van der Waals surface area contributed by atoms with Crippen molar-refractivity contribution in [2.45, 2.75) is 32.4 Å². The van der Waals surface area contributed by atoms with E-state index in [0.29, 0.717) is 6.54 Å². The smallest absolute Gasteiger partial charge is 0.234 e. The number of hydrogen-bond donors (Lipinski definition) is 3. The number of rotatable bonds is 9. The lowest BCUT2D eigenvalue weighted by Gasteiger charge is -2.11. The topological polar surface area (TPSA) is 67.2 Å². The Bertz CT molecular complexity index is 658. The number of aryl methyl sites for hydroxylation is 1. The van der Waals surface area contributed by atoms with Crippen molar-refractivity contribution in [1.82, 2.24) is 5.32 Å². The van der Waals surface area contributed by atoms with E-state index in [9.17, 15) is 9.18 Å². The molecule has 1 unspecified atom stereocenters. The summed E-state index contributed by atoms with van der Waals surface area (Å²) >= 11 is 0. The molecule has 2 aromatic carbocycles. The van der Waals surface area contributed by atoms with E-state index in [1.54, 1.807) is 19.1 Å². The van der Waals surface area contributed by atoms with Gasteiger partial charge in [0.1, 0.15) is 5.82 Å². The highest BCUT2D eigenvalue weighted by Crippen LogP contribution is 2.11. The van der Waals surface area contributed by atoms with E-state index in [1.165, 1.54) is 6.07 Å². The minimum Gasteiger partial charge on any atom is -0.385 e. The summed E-state index contributed by atoms with van der Waals surface area (Å²) in [5, 5.41) is 6.42. The molecule has 4 nitrogen and oxygen atoms in total. The molecule has 0 bridgehead atoms. The van der Waals surface area contributed by atoms with Crippen molar-refractivity contribution in [3.63, 3.8) is 0 Å². The second-order valence-corrected chi connectivity index (χ2v) is 5.86. The van der Waals surface area contributed by atoms with E-state index in [0.717, 1.165) is 36.2 Å². The van der Waals surface area contributed by atoms with Crippen molar-refractivity contribution in [3.8, 4) is 0 Å². The van der Waals surface area contributed by atoms with E-state index >= 15 is 0 Å². The Morgan fingerprint density at radius 1 is 1.17 bits per heavy atom. The monoisotopic (exact) mass is 329 g/mol. The molecule has 1 amide bonds. The zero-order valence-corrected chi connectivity index (χ0v) is 13.9. The number of carbonyl (C=O) groups is 1. The average Bonchev–Trinajstić information content (AvgIpc) is 2.57. The molecule has 0 saturated carbocycles. The Labute approximate surface area is 142 Å². The summed E-state index contributed by atoms with van der Waals surface area (Å²) < 4.78 is 13.1. The van der Waals surface area contributed by atoms with Gasteiger partial charge >= 0.3 is 0 Å². The molecule has 5 heteroatoms. The molecule has 128 valence electrons. The Kier molecular flexibility index (Phi) is 6.75. The second-order valence-electron chi connectivity index (χ2n) is 5.86. The van der Waals surface area contributed by atoms with E-state index < -0.39 is 0 Å². The van der Waals surface area contributed by atoms with Gasteiger partial charge in [-0.2, -0.15) is 0 Å². The Morgan fingerprint density at radius 2 is 1.92 bits per heavy atom. The fourth-order valence-electron chi connectivity index (χ4n) is 2.33. The normalized spacial score (nSPS) is 11.9. The first-order valence-electron chi connectivity index (χ1n) is 8.14. The molecule has 1 atom stereocenters. The van der Waals surface area contributed by atoms with Crippen LogP contribution in [0.2, 0.25) is 0 Å². The third-order valence-electron chi connectivity index (χ3n) is 3.85. The maximum absolute atomic E-state index is 13.1. The van der Waals surface area contributed by atoms with Crippen LogP contribution in [-0.2, 0) is 17.8 Å². The van der Waals surface area contributed by atoms with Crippen LogP contribution in [0.15, 0.2) is 48.5 Å². The van der Waals surface area contributed by atoms with Crippen LogP contribution in [0.4, 0.5) is 10.1 Å². The van der Waals surface area contributed by atoms with Crippen molar-refractivity contribution < 1.29 is 9.18 Å². The summed E-state index contributed by atoms with van der Waals surface area (Å²) in [4.78, 5) is 11.0. The summed E-state index contributed by atoms with van der Waals surface area (Å²) in [6, 6.07) is 14.4. The number of hydrogen-bond acceptors (Lipinski definition) is 3. The quantitative estimate of drug-likeness (QED) is 0.620. The number of primary amides is 1. The molecule has 4 N–H and O–H groups in total. The van der Waals surface area contributed by atoms with Gasteiger partial charge in [-0.3, -0.25) is 4.79 Å². The van der Waals surface area contributed by atoms with Crippen LogP contribution in [-0.4, -0.2) is 18.5 Å². The lowest BCUT2D eigenvalue weighted by Crippen LogP contribution is -2.38. The highest BCUT2D eigenvalue weighted by atomic mass is 19.1. The molecule has 2 aromatic rings. The van der Waals surface area contributed by atoms with Gasteiger partial charge in [-0.05, 0) is 55.2 Å². The molecule has 0 saturated heterocycles. The molecule has 0 aliphatic carbocycles. The third-order valence-corrected chi connectivity index (χ3v) is 3.85. The number of nitrogens with one attached hydrogen (secondary N) is 2. The van der Waals surface area contributed by atoms with Crippen molar-refractivity contribution in [3.05, 3.63) is 65.5 Å². The molecule has 24 heavy (non-hydrogen) atoms. The molecule has 0 aromatic heterocycles. The van der Waals surface area contributed by atoms with Crippen molar-refractivity contribution >= 4 is 11.6 Å². The van der Waals surface area contributed by atoms with E-state index in [2.05, 4.69) is 10.6 Å². The molecule has 0 aliphatic rings. The van der Waals surface area contributed by atoms with Gasteiger partial charge in [0.2, 0.25) is 5.91 Å². The van der Waals surface area contributed by atoms with E-state index in [-0.39, 0.29) is 17.8 Å². The van der Waals surface area contributed by atoms with Gasteiger partial charge in [-0.1, -0.05) is 24.3 Å². The standard InChI is InChI=1S/C19H24FN3O/c1-14(19(21)24)23-13-16-7-9-18(10-8-16)22-11-3-5-15-4-2-6-17(20)12-15/h2,4,6-10,12,14,22-23H,3,5,11,13H2,1H3,(H2,21,24). The van der Waals surface area contributed by atoms with Gasteiger partial charge in [0, 0.05) is 18.8 Å². The predicted octanol–water partition coefficient (Wildman–Crippen LogP) is 2.83. The molecule has 0 aliphatic heterocycles. The number of carbonyl (C=O) groups excluding carboxylic acids is 1. The minimum atomic E-state index is -0.355. The summed E-state index contributed by atoms with van der Waals surface area (Å²) in [6.45, 7) is 3.17. The highest BCUT2D eigenvalue weighted by Gasteiger charge is 2.06. The van der Waals surface area contributed by atoms with Crippen LogP contribution in [0.3, 0.4) is 0 Å². The number of amides is 1. The highest BCUT2D eigenvalue weighted by molar-refractivity contribution is 5.79. The maximum Gasteiger partial charge on any atom is 0.234 e. The number of benzene rings is 2. The third kappa shape index (κ3) is 6.01. The molecule has 0 heterocycles. The SMILES string of the molecule is CC(NCc1ccc(NCCCc2cccc(F)c2)cc1)C(N)=O.